The van der Waals surface area contributed by atoms with Gasteiger partial charge in [-0.15, -0.1) is 0 Å². The molecule has 1 N–H and O–H groups in total. The van der Waals surface area contributed by atoms with E-state index in [4.69, 9.17) is 4.74 Å². The number of ether oxygens (including phenoxy) is 1. The van der Waals surface area contributed by atoms with E-state index in [1.54, 1.807) is 24.3 Å². The van der Waals surface area contributed by atoms with E-state index in [1.807, 2.05) is 19.9 Å². The number of rotatable bonds is 10. The van der Waals surface area contributed by atoms with Gasteiger partial charge in [-0.3, -0.25) is 9.59 Å². The molecule has 0 aliphatic heterocycles. The molecule has 5 nitrogen and oxygen atoms in total. The molecule has 0 aliphatic rings. The Balaban J connectivity index is 2.27. The minimum absolute atomic E-state index is 0.0914. The molecule has 0 aromatic heterocycles. The molecule has 8 heteroatoms. The predicted molar refractivity (Wildman–Crippen MR) is 117 cm³/mol. The van der Waals surface area contributed by atoms with Crippen LogP contribution >= 0.6 is 0 Å². The fraction of sp³-hybridized carbons (Fsp3) is 0.400. The maximum Gasteiger partial charge on any atom is 0.416 e. The van der Waals surface area contributed by atoms with Crippen LogP contribution in [0.4, 0.5) is 13.2 Å². The highest BCUT2D eigenvalue weighted by Crippen LogP contribution is 2.30. The first-order valence-electron chi connectivity index (χ1n) is 10.6. The van der Waals surface area contributed by atoms with Crippen molar-refractivity contribution in [2.75, 3.05) is 7.11 Å². The molecule has 0 fully saturated rings. The quantitative estimate of drug-likeness (QED) is 0.404. The number of carbonyl (C=O) groups excluding carboxylic acids is 3. The summed E-state index contributed by atoms with van der Waals surface area (Å²) < 4.78 is 43.9. The zero-order chi connectivity index (χ0) is 24.6. The van der Waals surface area contributed by atoms with Crippen molar-refractivity contribution in [3.05, 3.63) is 71.3 Å². The average molecular weight is 463 g/mol. The first kappa shape index (κ1) is 26.1. The first-order chi connectivity index (χ1) is 15.5. The van der Waals surface area contributed by atoms with Crippen LogP contribution in [0.25, 0.3) is 0 Å². The molecule has 0 saturated heterocycles. The van der Waals surface area contributed by atoms with E-state index in [9.17, 15) is 27.6 Å². The fourth-order valence-corrected chi connectivity index (χ4v) is 3.48. The van der Waals surface area contributed by atoms with Crippen LogP contribution in [0.1, 0.15) is 48.2 Å². The molecule has 0 aliphatic carbocycles. The van der Waals surface area contributed by atoms with Crippen molar-refractivity contribution >= 4 is 17.7 Å². The van der Waals surface area contributed by atoms with Gasteiger partial charge < -0.3 is 10.1 Å². The van der Waals surface area contributed by atoms with Crippen LogP contribution in [-0.2, 0) is 26.9 Å². The summed E-state index contributed by atoms with van der Waals surface area (Å²) in [5.41, 5.74) is -0.268. The van der Waals surface area contributed by atoms with Gasteiger partial charge in [0.15, 0.2) is 5.78 Å². The molecule has 33 heavy (non-hydrogen) atoms. The fourth-order valence-electron chi connectivity index (χ4n) is 3.48. The maximum absolute atomic E-state index is 13.1. The van der Waals surface area contributed by atoms with Gasteiger partial charge in [-0.2, -0.15) is 13.2 Å². The lowest BCUT2D eigenvalue weighted by Crippen LogP contribution is -2.45. The number of esters is 1. The van der Waals surface area contributed by atoms with Gasteiger partial charge in [-0.25, -0.2) is 4.79 Å². The number of halogens is 3. The number of amides is 1. The van der Waals surface area contributed by atoms with Gasteiger partial charge >= 0.3 is 12.1 Å². The average Bonchev–Trinajstić information content (AvgIpc) is 2.77. The molecular weight excluding hydrogens is 435 g/mol. The second-order valence-electron chi connectivity index (χ2n) is 8.31. The summed E-state index contributed by atoms with van der Waals surface area (Å²) in [5, 5.41) is 2.67. The number of alkyl halides is 3. The number of hydrogen-bond acceptors (Lipinski definition) is 4. The third-order valence-electron chi connectivity index (χ3n) is 5.15. The second-order valence-corrected chi connectivity index (χ2v) is 8.31. The van der Waals surface area contributed by atoms with Crippen LogP contribution in [0.5, 0.6) is 0 Å². The highest BCUT2D eigenvalue weighted by molar-refractivity contribution is 5.99. The van der Waals surface area contributed by atoms with E-state index >= 15 is 0 Å². The minimum atomic E-state index is -4.58. The Hall–Kier alpha value is -3.16. The van der Waals surface area contributed by atoms with E-state index in [-0.39, 0.29) is 24.3 Å². The van der Waals surface area contributed by atoms with Gasteiger partial charge in [0.1, 0.15) is 6.04 Å². The summed E-state index contributed by atoms with van der Waals surface area (Å²) in [5.74, 6) is -2.51. The molecule has 0 bridgehead atoms. The Morgan fingerprint density at radius 3 is 2.24 bits per heavy atom. The van der Waals surface area contributed by atoms with Crippen LogP contribution in [0.3, 0.4) is 0 Å². The lowest BCUT2D eigenvalue weighted by atomic mass is 9.90. The Bertz CT molecular complexity index is 958. The number of carbonyl (C=O) groups is 3. The van der Waals surface area contributed by atoms with E-state index in [2.05, 4.69) is 5.32 Å². The van der Waals surface area contributed by atoms with Crippen LogP contribution in [0.15, 0.2) is 54.6 Å². The molecule has 0 radical (unpaired) electrons. The van der Waals surface area contributed by atoms with E-state index in [0.29, 0.717) is 6.42 Å². The highest BCUT2D eigenvalue weighted by Gasteiger charge is 2.32. The van der Waals surface area contributed by atoms with Crippen molar-refractivity contribution in [2.24, 2.45) is 11.8 Å². The van der Waals surface area contributed by atoms with Gasteiger partial charge in [0.2, 0.25) is 5.91 Å². The van der Waals surface area contributed by atoms with Crippen LogP contribution in [0, 0.1) is 11.8 Å². The third-order valence-corrected chi connectivity index (χ3v) is 5.15. The Labute approximate surface area is 191 Å². The molecule has 0 heterocycles. The molecule has 0 saturated carbocycles. The van der Waals surface area contributed by atoms with E-state index in [1.165, 1.54) is 13.2 Å². The summed E-state index contributed by atoms with van der Waals surface area (Å²) >= 11 is 0. The van der Waals surface area contributed by atoms with Crippen molar-refractivity contribution in [3.8, 4) is 0 Å². The standard InChI is InChI=1S/C25H28F3NO4/c1-16(2)12-21(24(32)33-3)29-23(31)19(13-17-8-5-4-6-9-17)15-22(30)18-10-7-11-20(14-18)25(26,27)28/h4-11,14,16,19,21H,12-13,15H2,1-3H3,(H,29,31)/t19-,21-/m0/s1. The molecule has 2 aromatic rings. The van der Waals surface area contributed by atoms with Gasteiger partial charge in [0.25, 0.3) is 0 Å². The van der Waals surface area contributed by atoms with Crippen LogP contribution in [-0.4, -0.2) is 30.8 Å². The normalized spacial score (nSPS) is 13.3. The van der Waals surface area contributed by atoms with Crippen molar-refractivity contribution in [1.29, 1.82) is 0 Å². The molecule has 2 atom stereocenters. The number of methoxy groups -OCH3 is 1. The number of hydrogen-bond donors (Lipinski definition) is 1. The number of Topliss-reactive ketones (excluding diaryl/α,β-unsaturated/α-hetero) is 1. The second kappa shape index (κ2) is 11.6. The van der Waals surface area contributed by atoms with Gasteiger partial charge in [-0.05, 0) is 36.5 Å². The largest absolute Gasteiger partial charge is 0.467 e. The third kappa shape index (κ3) is 8.04. The van der Waals surface area contributed by atoms with E-state index in [0.717, 1.165) is 23.8 Å². The van der Waals surface area contributed by atoms with Crippen molar-refractivity contribution in [1.82, 2.24) is 5.32 Å². The zero-order valence-corrected chi connectivity index (χ0v) is 18.8. The molecule has 0 spiro atoms. The lowest BCUT2D eigenvalue weighted by Gasteiger charge is -2.22. The highest BCUT2D eigenvalue weighted by atomic mass is 19.4. The van der Waals surface area contributed by atoms with Gasteiger partial charge in [0.05, 0.1) is 12.7 Å². The van der Waals surface area contributed by atoms with Crippen LogP contribution < -0.4 is 5.32 Å². The number of benzene rings is 2. The summed E-state index contributed by atoms with van der Waals surface area (Å²) in [4.78, 5) is 38.1. The predicted octanol–water partition coefficient (Wildman–Crippen LogP) is 4.84. The van der Waals surface area contributed by atoms with Crippen molar-refractivity contribution < 1.29 is 32.3 Å². The molecule has 0 unspecified atom stereocenters. The SMILES string of the molecule is COC(=O)[C@H](CC(C)C)NC(=O)[C@H](CC(=O)c1cccc(C(F)(F)F)c1)Cc1ccccc1. The first-order valence-corrected chi connectivity index (χ1v) is 10.6. The number of ketones is 1. The van der Waals surface area contributed by atoms with Gasteiger partial charge in [0, 0.05) is 17.9 Å². The lowest BCUT2D eigenvalue weighted by molar-refractivity contribution is -0.146. The summed E-state index contributed by atoms with van der Waals surface area (Å²) in [6.07, 6.45) is -4.36. The number of nitrogens with one attached hydrogen (secondary N) is 1. The Kier molecular flexibility index (Phi) is 9.20. The summed E-state index contributed by atoms with van der Waals surface area (Å²) in [6, 6.07) is 12.2. The van der Waals surface area contributed by atoms with Crippen LogP contribution in [0.2, 0.25) is 0 Å². The molecule has 1 amide bonds. The minimum Gasteiger partial charge on any atom is -0.467 e. The summed E-state index contributed by atoms with van der Waals surface area (Å²) in [7, 11) is 1.22. The zero-order valence-electron chi connectivity index (χ0n) is 18.8. The molecule has 2 rings (SSSR count). The Morgan fingerprint density at radius 2 is 1.67 bits per heavy atom. The Morgan fingerprint density at radius 1 is 1.00 bits per heavy atom. The van der Waals surface area contributed by atoms with E-state index < -0.39 is 41.4 Å². The van der Waals surface area contributed by atoms with Crippen molar-refractivity contribution in [3.63, 3.8) is 0 Å². The molecular formula is C25H28F3NO4. The van der Waals surface area contributed by atoms with Gasteiger partial charge in [-0.1, -0.05) is 56.3 Å². The topological polar surface area (TPSA) is 72.5 Å². The molecule has 2 aromatic carbocycles. The maximum atomic E-state index is 13.1. The smallest absolute Gasteiger partial charge is 0.416 e. The van der Waals surface area contributed by atoms with Crippen molar-refractivity contribution in [2.45, 2.75) is 45.3 Å². The monoisotopic (exact) mass is 463 g/mol. The summed E-state index contributed by atoms with van der Waals surface area (Å²) in [6.45, 7) is 3.78. The molecule has 178 valence electrons.